The Morgan fingerprint density at radius 1 is 1.42 bits per heavy atom. The van der Waals surface area contributed by atoms with Crippen LogP contribution in [0.1, 0.15) is 6.92 Å². The third kappa shape index (κ3) is 2.45. The number of nitrogens with zero attached hydrogens (tertiary/aromatic N) is 1. The first-order valence-corrected chi connectivity index (χ1v) is 5.86. The van der Waals surface area contributed by atoms with Crippen molar-refractivity contribution >= 4 is 11.7 Å². The van der Waals surface area contributed by atoms with E-state index < -0.39 is 12.0 Å². The Hall–Kier alpha value is -2.30. The number of carbonyl (C=O) groups is 1. The molecule has 0 aromatic rings. The third-order valence-corrected chi connectivity index (χ3v) is 3.03. The monoisotopic (exact) mass is 261 g/mol. The summed E-state index contributed by atoms with van der Waals surface area (Å²) in [5.41, 5.74) is 0.322. The van der Waals surface area contributed by atoms with E-state index in [9.17, 15) is 15.0 Å². The first-order valence-electron chi connectivity index (χ1n) is 5.86. The first-order chi connectivity index (χ1) is 9.04. The number of aliphatic imine (C=N–C) groups is 1. The highest BCUT2D eigenvalue weighted by Gasteiger charge is 2.29. The van der Waals surface area contributed by atoms with Gasteiger partial charge in [0.25, 0.3) is 0 Å². The first kappa shape index (κ1) is 13.1. The van der Waals surface area contributed by atoms with Gasteiger partial charge in [0.15, 0.2) is 0 Å². The highest BCUT2D eigenvalue weighted by molar-refractivity contribution is 6.25. The summed E-state index contributed by atoms with van der Waals surface area (Å²) >= 11 is 0. The largest absolute Gasteiger partial charge is 0.512 e. The second-order valence-electron chi connectivity index (χ2n) is 4.32. The van der Waals surface area contributed by atoms with E-state index in [0.29, 0.717) is 5.71 Å². The van der Waals surface area contributed by atoms with Crippen LogP contribution in [0, 0.1) is 5.92 Å². The van der Waals surface area contributed by atoms with Crippen LogP contribution >= 0.6 is 0 Å². The zero-order chi connectivity index (χ0) is 14.0. The van der Waals surface area contributed by atoms with Gasteiger partial charge in [-0.25, -0.2) is 4.79 Å². The summed E-state index contributed by atoms with van der Waals surface area (Å²) in [5, 5.41) is 19.4. The lowest BCUT2D eigenvalue weighted by Crippen LogP contribution is -2.27. The van der Waals surface area contributed by atoms with Gasteiger partial charge in [0, 0.05) is 5.92 Å². The standard InChI is InChI=1S/C14H15NO4/c1-8(16)12(14(18)19-2)10-7-6-9-4-3-5-11(17)13(9)15-10/h3-7,9,13,16-17H,1-2H3. The van der Waals surface area contributed by atoms with Crippen LogP contribution in [0.2, 0.25) is 0 Å². The van der Waals surface area contributed by atoms with Crippen LogP contribution in [-0.4, -0.2) is 35.0 Å². The molecule has 0 radical (unpaired) electrons. The van der Waals surface area contributed by atoms with E-state index in [1.807, 2.05) is 12.2 Å². The number of hydrogen-bond acceptors (Lipinski definition) is 5. The molecule has 0 bridgehead atoms. The van der Waals surface area contributed by atoms with Crippen LogP contribution in [0.15, 0.2) is 52.5 Å². The van der Waals surface area contributed by atoms with Crippen LogP contribution in [0.4, 0.5) is 0 Å². The number of allylic oxidation sites excluding steroid dienone is 4. The minimum Gasteiger partial charge on any atom is -0.512 e. The van der Waals surface area contributed by atoms with Crippen molar-refractivity contribution in [1.82, 2.24) is 0 Å². The van der Waals surface area contributed by atoms with Crippen molar-refractivity contribution in [1.29, 1.82) is 0 Å². The number of esters is 1. The second-order valence-corrected chi connectivity index (χ2v) is 4.32. The summed E-state index contributed by atoms with van der Waals surface area (Å²) in [6, 6.07) is -0.455. The minimum atomic E-state index is -0.656. The molecule has 100 valence electrons. The Kier molecular flexibility index (Phi) is 3.55. The van der Waals surface area contributed by atoms with Gasteiger partial charge < -0.3 is 14.9 Å². The highest BCUT2D eigenvalue weighted by Crippen LogP contribution is 2.27. The maximum atomic E-state index is 11.6. The molecule has 2 rings (SSSR count). The molecule has 0 saturated heterocycles. The second kappa shape index (κ2) is 5.14. The van der Waals surface area contributed by atoms with Crippen LogP contribution in [0.25, 0.3) is 0 Å². The third-order valence-electron chi connectivity index (χ3n) is 3.03. The van der Waals surface area contributed by atoms with Crippen molar-refractivity contribution in [2.45, 2.75) is 13.0 Å². The van der Waals surface area contributed by atoms with Crippen LogP contribution in [0.3, 0.4) is 0 Å². The van der Waals surface area contributed by atoms with E-state index in [1.54, 1.807) is 18.2 Å². The summed E-state index contributed by atoms with van der Waals surface area (Å²) in [6.07, 6.45) is 8.72. The van der Waals surface area contributed by atoms with Gasteiger partial charge in [-0.05, 0) is 19.1 Å². The fourth-order valence-electron chi connectivity index (χ4n) is 2.09. The Balaban J connectivity index is 2.39. The fraction of sp³-hybridized carbons (Fsp3) is 0.286. The molecule has 1 aliphatic carbocycles. The number of dihydropyridines is 1. The highest BCUT2D eigenvalue weighted by atomic mass is 16.5. The lowest BCUT2D eigenvalue weighted by molar-refractivity contribution is -0.135. The van der Waals surface area contributed by atoms with Gasteiger partial charge in [0.05, 0.1) is 12.8 Å². The number of ether oxygens (including phenoxy) is 1. The van der Waals surface area contributed by atoms with E-state index in [2.05, 4.69) is 9.73 Å². The Labute approximate surface area is 110 Å². The molecule has 0 amide bonds. The number of hydrogen-bond donors (Lipinski definition) is 2. The molecule has 0 saturated carbocycles. The van der Waals surface area contributed by atoms with Gasteiger partial charge in [-0.3, -0.25) is 4.99 Å². The summed E-state index contributed by atoms with van der Waals surface area (Å²) in [6.45, 7) is 1.39. The van der Waals surface area contributed by atoms with Gasteiger partial charge in [-0.1, -0.05) is 18.2 Å². The van der Waals surface area contributed by atoms with Crippen molar-refractivity contribution in [3.05, 3.63) is 47.5 Å². The number of methoxy groups -OCH3 is 1. The van der Waals surface area contributed by atoms with E-state index in [-0.39, 0.29) is 23.0 Å². The average molecular weight is 261 g/mol. The lowest BCUT2D eigenvalue weighted by atomic mass is 9.89. The van der Waals surface area contributed by atoms with Crippen molar-refractivity contribution in [3.63, 3.8) is 0 Å². The molecule has 5 nitrogen and oxygen atoms in total. The van der Waals surface area contributed by atoms with Crippen LogP contribution < -0.4 is 0 Å². The van der Waals surface area contributed by atoms with Crippen LogP contribution in [0.5, 0.6) is 0 Å². The predicted octanol–water partition coefficient (Wildman–Crippen LogP) is 2.00. The molecular formula is C14H15NO4. The maximum absolute atomic E-state index is 11.6. The Morgan fingerprint density at radius 2 is 2.16 bits per heavy atom. The number of aliphatic hydroxyl groups is 2. The summed E-state index contributed by atoms with van der Waals surface area (Å²) in [5.74, 6) is -0.721. The van der Waals surface area contributed by atoms with E-state index in [1.165, 1.54) is 14.0 Å². The molecule has 0 aromatic heterocycles. The Bertz CT molecular complexity index is 548. The Morgan fingerprint density at radius 3 is 2.79 bits per heavy atom. The summed E-state index contributed by atoms with van der Waals surface area (Å²) in [7, 11) is 1.24. The topological polar surface area (TPSA) is 79.1 Å². The average Bonchev–Trinajstić information content (AvgIpc) is 2.39. The molecule has 0 spiro atoms. The summed E-state index contributed by atoms with van der Waals surface area (Å²) < 4.78 is 4.63. The van der Waals surface area contributed by atoms with E-state index in [0.717, 1.165) is 0 Å². The molecule has 19 heavy (non-hydrogen) atoms. The zero-order valence-electron chi connectivity index (χ0n) is 10.7. The van der Waals surface area contributed by atoms with Crippen molar-refractivity contribution < 1.29 is 19.7 Å². The molecule has 2 N–H and O–H groups in total. The maximum Gasteiger partial charge on any atom is 0.343 e. The van der Waals surface area contributed by atoms with Gasteiger partial charge in [-0.15, -0.1) is 0 Å². The normalized spacial score (nSPS) is 26.0. The number of fused-ring (bicyclic) bond motifs is 1. The molecule has 0 aromatic carbocycles. The van der Waals surface area contributed by atoms with Gasteiger partial charge in [-0.2, -0.15) is 0 Å². The van der Waals surface area contributed by atoms with Crippen LogP contribution in [-0.2, 0) is 9.53 Å². The smallest absolute Gasteiger partial charge is 0.343 e. The lowest BCUT2D eigenvalue weighted by Gasteiger charge is -2.25. The quantitative estimate of drug-likeness (QED) is 0.452. The molecule has 5 heteroatoms. The molecule has 2 aliphatic rings. The van der Waals surface area contributed by atoms with Crippen molar-refractivity contribution in [3.8, 4) is 0 Å². The molecule has 2 atom stereocenters. The minimum absolute atomic E-state index is 0.0135. The number of aliphatic hydroxyl groups excluding tert-OH is 2. The number of carbonyl (C=O) groups excluding carboxylic acids is 1. The molecular weight excluding hydrogens is 246 g/mol. The molecule has 1 aliphatic heterocycles. The summed E-state index contributed by atoms with van der Waals surface area (Å²) in [4.78, 5) is 16.0. The predicted molar refractivity (Wildman–Crippen MR) is 71.0 cm³/mol. The van der Waals surface area contributed by atoms with Gasteiger partial charge in [0.2, 0.25) is 0 Å². The fourth-order valence-corrected chi connectivity index (χ4v) is 2.09. The molecule has 2 unspecified atom stereocenters. The van der Waals surface area contributed by atoms with E-state index >= 15 is 0 Å². The molecule has 0 fully saturated rings. The SMILES string of the molecule is COC(=O)C(C1=NC2C(O)=CC=CC2C=C1)=C(C)O. The van der Waals surface area contributed by atoms with Crippen molar-refractivity contribution in [2.75, 3.05) is 7.11 Å². The zero-order valence-corrected chi connectivity index (χ0v) is 10.7. The van der Waals surface area contributed by atoms with E-state index in [4.69, 9.17) is 0 Å². The van der Waals surface area contributed by atoms with Crippen molar-refractivity contribution in [2.24, 2.45) is 10.9 Å². The number of rotatable bonds is 2. The van der Waals surface area contributed by atoms with Gasteiger partial charge >= 0.3 is 5.97 Å². The molecule has 1 heterocycles. The van der Waals surface area contributed by atoms with Gasteiger partial charge in [0.1, 0.15) is 23.1 Å².